The molecule has 1 aliphatic carbocycles. The number of hydrogen-bond donors (Lipinski definition) is 0. The topological polar surface area (TPSA) is 4.36 Å². The van der Waals surface area contributed by atoms with E-state index in [9.17, 15) is 0 Å². The van der Waals surface area contributed by atoms with E-state index in [2.05, 4.69) is 41.2 Å². The average Bonchev–Trinajstić information content (AvgIpc) is 2.55. The minimum atomic E-state index is -0.120. The van der Waals surface area contributed by atoms with Gasteiger partial charge in [0.2, 0.25) is 0 Å². The molecule has 3 rings (SSSR count). The van der Waals surface area contributed by atoms with Crippen molar-refractivity contribution in [3.63, 3.8) is 0 Å². The number of aryl methyl sites for hydroxylation is 2. The molecule has 82 valence electrons. The number of nitrogens with zero attached hydrogens (tertiary/aromatic N) is 1. The van der Waals surface area contributed by atoms with E-state index in [0.29, 0.717) is 0 Å². The molecular weight excluding hydrogens is 206 g/mol. The third-order valence-corrected chi connectivity index (χ3v) is 3.49. The molecule has 0 saturated heterocycles. The smallest absolute Gasteiger partial charge is 0.274 e. The maximum absolute atomic E-state index is 7.48. The summed E-state index contributed by atoms with van der Waals surface area (Å²) in [6.07, 6.45) is 2.08. The van der Waals surface area contributed by atoms with Crippen LogP contribution in [0.3, 0.4) is 0 Å². The third-order valence-electron chi connectivity index (χ3n) is 3.49. The van der Waals surface area contributed by atoms with Crippen molar-refractivity contribution in [2.45, 2.75) is 18.9 Å². The number of benzene rings is 2. The predicted molar refractivity (Wildman–Crippen MR) is 68.7 cm³/mol. The normalized spacial score (nSPS) is 14.3. The quantitative estimate of drug-likeness (QED) is 0.594. The van der Waals surface area contributed by atoms with Crippen molar-refractivity contribution in [1.82, 2.24) is 0 Å². The van der Waals surface area contributed by atoms with Gasteiger partial charge >= 0.3 is 0 Å². The monoisotopic (exact) mass is 219 g/mol. The van der Waals surface area contributed by atoms with Crippen molar-refractivity contribution >= 4 is 0 Å². The Morgan fingerprint density at radius 3 is 1.76 bits per heavy atom. The van der Waals surface area contributed by atoms with Gasteiger partial charge in [0, 0.05) is 11.1 Å². The van der Waals surface area contributed by atoms with Gasteiger partial charge in [0.15, 0.2) is 0 Å². The van der Waals surface area contributed by atoms with Gasteiger partial charge in [0.1, 0.15) is 0 Å². The van der Waals surface area contributed by atoms with E-state index in [1.54, 1.807) is 0 Å². The van der Waals surface area contributed by atoms with E-state index in [1.807, 2.05) is 12.1 Å². The van der Waals surface area contributed by atoms with Crippen LogP contribution >= 0.6 is 0 Å². The standard InChI is InChI=1S/C16H13N/c1-17-16-14-8-4-2-6-12(14)10-11-13-7-3-5-9-15(13)16/h2-9,16H,10-11H2. The van der Waals surface area contributed by atoms with Gasteiger partial charge in [-0.3, -0.25) is 0 Å². The van der Waals surface area contributed by atoms with Crippen molar-refractivity contribution < 1.29 is 0 Å². The molecule has 2 aromatic rings. The lowest BCUT2D eigenvalue weighted by Gasteiger charge is -2.08. The van der Waals surface area contributed by atoms with E-state index in [4.69, 9.17) is 6.57 Å². The van der Waals surface area contributed by atoms with Gasteiger partial charge < -0.3 is 4.85 Å². The second-order valence-corrected chi connectivity index (χ2v) is 4.43. The number of rotatable bonds is 0. The van der Waals surface area contributed by atoms with Gasteiger partial charge in [0.25, 0.3) is 6.04 Å². The lowest BCUT2D eigenvalue weighted by atomic mass is 9.95. The summed E-state index contributed by atoms with van der Waals surface area (Å²) >= 11 is 0. The molecule has 0 heterocycles. The third kappa shape index (κ3) is 1.62. The maximum atomic E-state index is 7.48. The van der Waals surface area contributed by atoms with Crippen LogP contribution in [0.1, 0.15) is 28.3 Å². The summed E-state index contributed by atoms with van der Waals surface area (Å²) in [6.45, 7) is 7.48. The second-order valence-electron chi connectivity index (χ2n) is 4.43. The van der Waals surface area contributed by atoms with E-state index in [0.717, 1.165) is 12.8 Å². The Labute approximate surface area is 102 Å². The average molecular weight is 219 g/mol. The molecule has 0 amide bonds. The van der Waals surface area contributed by atoms with Gasteiger partial charge in [-0.05, 0) is 24.0 Å². The first-order chi connectivity index (χ1) is 8.40. The van der Waals surface area contributed by atoms with E-state index < -0.39 is 0 Å². The van der Waals surface area contributed by atoms with Crippen molar-refractivity contribution in [2.24, 2.45) is 0 Å². The first-order valence-electron chi connectivity index (χ1n) is 5.92. The SMILES string of the molecule is [C-]#[N+]C1c2ccccc2CCc2ccccc21. The van der Waals surface area contributed by atoms with E-state index in [-0.39, 0.29) is 6.04 Å². The lowest BCUT2D eigenvalue weighted by Crippen LogP contribution is -1.98. The van der Waals surface area contributed by atoms with Crippen LogP contribution in [0, 0.1) is 6.57 Å². The molecule has 0 bridgehead atoms. The Kier molecular flexibility index (Phi) is 2.42. The number of fused-ring (bicyclic) bond motifs is 2. The molecule has 0 spiro atoms. The van der Waals surface area contributed by atoms with E-state index in [1.165, 1.54) is 22.3 Å². The molecule has 0 N–H and O–H groups in total. The van der Waals surface area contributed by atoms with Gasteiger partial charge in [-0.2, -0.15) is 0 Å². The molecule has 0 aliphatic heterocycles. The van der Waals surface area contributed by atoms with Crippen LogP contribution in [0.5, 0.6) is 0 Å². The number of hydrogen-bond acceptors (Lipinski definition) is 0. The largest absolute Gasteiger partial charge is 0.303 e. The summed E-state index contributed by atoms with van der Waals surface area (Å²) in [5.74, 6) is 0. The zero-order valence-corrected chi connectivity index (χ0v) is 9.56. The van der Waals surface area contributed by atoms with Crippen LogP contribution in [-0.2, 0) is 12.8 Å². The molecule has 0 saturated carbocycles. The summed E-state index contributed by atoms with van der Waals surface area (Å²) < 4.78 is 0. The van der Waals surface area contributed by atoms with Crippen LogP contribution in [0.4, 0.5) is 0 Å². The molecular formula is C16H13N. The zero-order valence-electron chi connectivity index (χ0n) is 9.56. The summed E-state index contributed by atoms with van der Waals surface area (Å²) in [5, 5.41) is 0. The highest BCUT2D eigenvalue weighted by Crippen LogP contribution is 2.34. The molecule has 1 nitrogen and oxygen atoms in total. The molecule has 17 heavy (non-hydrogen) atoms. The fourth-order valence-corrected chi connectivity index (χ4v) is 2.63. The maximum Gasteiger partial charge on any atom is 0.274 e. The fourth-order valence-electron chi connectivity index (χ4n) is 2.63. The highest BCUT2D eigenvalue weighted by molar-refractivity contribution is 5.46. The molecule has 0 atom stereocenters. The Bertz CT molecular complexity index is 545. The molecule has 1 heteroatoms. The van der Waals surface area contributed by atoms with Crippen LogP contribution in [0.25, 0.3) is 4.85 Å². The Morgan fingerprint density at radius 2 is 1.29 bits per heavy atom. The summed E-state index contributed by atoms with van der Waals surface area (Å²) in [4.78, 5) is 3.84. The van der Waals surface area contributed by atoms with Crippen molar-refractivity contribution in [1.29, 1.82) is 0 Å². The Balaban J connectivity index is 2.23. The predicted octanol–water partition coefficient (Wildman–Crippen LogP) is 3.79. The summed E-state index contributed by atoms with van der Waals surface area (Å²) in [6, 6.07) is 16.6. The Morgan fingerprint density at radius 1 is 0.824 bits per heavy atom. The molecule has 2 aromatic carbocycles. The minimum Gasteiger partial charge on any atom is -0.303 e. The molecule has 0 aromatic heterocycles. The highest BCUT2D eigenvalue weighted by Gasteiger charge is 2.26. The zero-order chi connectivity index (χ0) is 11.7. The minimum absolute atomic E-state index is 0.120. The van der Waals surface area contributed by atoms with Crippen molar-refractivity contribution in [3.05, 3.63) is 82.2 Å². The summed E-state index contributed by atoms with van der Waals surface area (Å²) in [7, 11) is 0. The van der Waals surface area contributed by atoms with Gasteiger partial charge in [-0.1, -0.05) is 48.5 Å². The van der Waals surface area contributed by atoms with Crippen LogP contribution < -0.4 is 0 Å². The molecule has 0 fully saturated rings. The molecule has 1 aliphatic rings. The van der Waals surface area contributed by atoms with Crippen LogP contribution in [0.2, 0.25) is 0 Å². The van der Waals surface area contributed by atoms with Gasteiger partial charge in [-0.25, -0.2) is 6.57 Å². The van der Waals surface area contributed by atoms with Gasteiger partial charge in [0.05, 0.1) is 0 Å². The second kappa shape index (κ2) is 4.07. The summed E-state index contributed by atoms with van der Waals surface area (Å²) in [5.41, 5.74) is 5.02. The Hall–Kier alpha value is -2.07. The molecule has 0 radical (unpaired) electrons. The molecule has 0 unspecified atom stereocenters. The first kappa shape index (κ1) is 10.1. The van der Waals surface area contributed by atoms with Crippen LogP contribution in [-0.4, -0.2) is 0 Å². The fraction of sp³-hybridized carbons (Fsp3) is 0.188. The van der Waals surface area contributed by atoms with Crippen molar-refractivity contribution in [3.8, 4) is 0 Å². The van der Waals surface area contributed by atoms with Crippen LogP contribution in [0.15, 0.2) is 48.5 Å². The lowest BCUT2D eigenvalue weighted by molar-refractivity contribution is 0.965. The van der Waals surface area contributed by atoms with Crippen molar-refractivity contribution in [2.75, 3.05) is 0 Å². The van der Waals surface area contributed by atoms with E-state index >= 15 is 0 Å². The highest BCUT2D eigenvalue weighted by atomic mass is 14.7. The first-order valence-corrected chi connectivity index (χ1v) is 5.92. The van der Waals surface area contributed by atoms with Gasteiger partial charge in [-0.15, -0.1) is 0 Å².